The van der Waals surface area contributed by atoms with Crippen LogP contribution in [0, 0.1) is 0 Å². The fraction of sp³-hybridized carbons (Fsp3) is 0.208. The van der Waals surface area contributed by atoms with Crippen LogP contribution in [0.25, 0.3) is 10.6 Å². The zero-order valence-electron chi connectivity index (χ0n) is 17.9. The summed E-state index contributed by atoms with van der Waals surface area (Å²) in [5.41, 5.74) is 4.56. The zero-order chi connectivity index (χ0) is 21.3. The van der Waals surface area contributed by atoms with Crippen molar-refractivity contribution in [2.24, 2.45) is 4.99 Å². The van der Waals surface area contributed by atoms with Gasteiger partial charge in [0.15, 0.2) is 5.96 Å². The number of aromatic nitrogens is 3. The maximum atomic E-state index is 4.79. The van der Waals surface area contributed by atoms with Crippen LogP contribution in [0.4, 0.5) is 0 Å². The van der Waals surface area contributed by atoms with Crippen LogP contribution in [0.1, 0.15) is 23.7 Å². The van der Waals surface area contributed by atoms with Crippen molar-refractivity contribution < 1.29 is 0 Å². The van der Waals surface area contributed by atoms with Crippen molar-refractivity contribution in [3.8, 4) is 10.6 Å². The number of hydrogen-bond acceptors (Lipinski definition) is 4. The highest BCUT2D eigenvalue weighted by Gasteiger charge is 2.07. The predicted octanol–water partition coefficient (Wildman–Crippen LogP) is 4.93. The van der Waals surface area contributed by atoms with Crippen molar-refractivity contribution in [1.29, 1.82) is 0 Å². The number of nitrogens with zero attached hydrogens (tertiary/aromatic N) is 4. The Kier molecular flexibility index (Phi) is 9.24. The molecule has 2 N–H and O–H groups in total. The van der Waals surface area contributed by atoms with Gasteiger partial charge in [0.1, 0.15) is 5.01 Å². The molecule has 2 heterocycles. The summed E-state index contributed by atoms with van der Waals surface area (Å²) < 4.78 is 1.93. The van der Waals surface area contributed by atoms with E-state index in [2.05, 4.69) is 64.4 Å². The van der Waals surface area contributed by atoms with Gasteiger partial charge in [0, 0.05) is 29.9 Å². The molecule has 0 aliphatic carbocycles. The van der Waals surface area contributed by atoms with Crippen molar-refractivity contribution in [2.75, 3.05) is 6.54 Å². The Hall–Kier alpha value is -2.72. The Morgan fingerprint density at radius 1 is 1.00 bits per heavy atom. The van der Waals surface area contributed by atoms with Gasteiger partial charge in [0.05, 0.1) is 25.3 Å². The van der Waals surface area contributed by atoms with Crippen LogP contribution in [0.3, 0.4) is 0 Å². The molecule has 0 radical (unpaired) electrons. The van der Waals surface area contributed by atoms with Crippen molar-refractivity contribution in [1.82, 2.24) is 25.4 Å². The monoisotopic (exact) mass is 558 g/mol. The molecular weight excluding hydrogens is 531 g/mol. The molecular formula is C24H27IN6S. The number of halogens is 1. The average Bonchev–Trinajstić information content (AvgIpc) is 3.49. The second-order valence-electron chi connectivity index (χ2n) is 7.03. The first-order chi connectivity index (χ1) is 15.3. The molecule has 166 valence electrons. The van der Waals surface area contributed by atoms with E-state index in [1.54, 1.807) is 17.5 Å². The Bertz CT molecular complexity index is 1110. The van der Waals surface area contributed by atoms with E-state index in [4.69, 9.17) is 9.98 Å². The van der Waals surface area contributed by atoms with Crippen LogP contribution in [-0.4, -0.2) is 27.3 Å². The van der Waals surface area contributed by atoms with E-state index in [1.807, 2.05) is 35.1 Å². The van der Waals surface area contributed by atoms with Crippen molar-refractivity contribution in [3.63, 3.8) is 0 Å². The highest BCUT2D eigenvalue weighted by atomic mass is 127. The largest absolute Gasteiger partial charge is 0.357 e. The quantitative estimate of drug-likeness (QED) is 0.183. The fourth-order valence-electron chi connectivity index (χ4n) is 3.22. The van der Waals surface area contributed by atoms with Crippen molar-refractivity contribution in [3.05, 3.63) is 95.3 Å². The van der Waals surface area contributed by atoms with Crippen molar-refractivity contribution in [2.45, 2.75) is 26.6 Å². The maximum Gasteiger partial charge on any atom is 0.191 e. The lowest BCUT2D eigenvalue weighted by atomic mass is 10.1. The summed E-state index contributed by atoms with van der Waals surface area (Å²) in [5.74, 6) is 0.783. The van der Waals surface area contributed by atoms with Crippen molar-refractivity contribution >= 4 is 41.3 Å². The van der Waals surface area contributed by atoms with Gasteiger partial charge in [-0.1, -0.05) is 54.6 Å². The van der Waals surface area contributed by atoms with E-state index in [0.717, 1.165) is 35.3 Å². The SMILES string of the molecule is CCNC(=NCc1ccccc1Cn1cccn1)NCc1csc(-c2ccccc2)n1.I. The first kappa shape index (κ1) is 23.9. The molecule has 0 aliphatic rings. The standard InChI is InChI=1S/C24H26N6S.HI/c1-2-25-24(27-16-22-18-31-23(29-22)19-9-4-3-5-10-19)26-15-20-11-6-7-12-21(20)17-30-14-8-13-28-30;/h3-14,18H,2,15-17H2,1H3,(H2,25,26,27);1H. The van der Waals surface area contributed by atoms with Crippen LogP contribution in [0.2, 0.25) is 0 Å². The smallest absolute Gasteiger partial charge is 0.191 e. The van der Waals surface area contributed by atoms with Gasteiger partial charge in [-0.2, -0.15) is 5.10 Å². The molecule has 0 atom stereocenters. The minimum atomic E-state index is 0. The number of hydrogen-bond donors (Lipinski definition) is 2. The molecule has 0 saturated heterocycles. The van der Waals surface area contributed by atoms with Gasteiger partial charge in [-0.15, -0.1) is 35.3 Å². The highest BCUT2D eigenvalue weighted by molar-refractivity contribution is 14.0. The molecule has 0 saturated carbocycles. The van der Waals surface area contributed by atoms with Crippen LogP contribution in [-0.2, 0) is 19.6 Å². The minimum absolute atomic E-state index is 0. The number of thiazole rings is 1. The van der Waals surface area contributed by atoms with E-state index in [9.17, 15) is 0 Å². The number of rotatable bonds is 8. The van der Waals surface area contributed by atoms with Crippen LogP contribution >= 0.6 is 35.3 Å². The highest BCUT2D eigenvalue weighted by Crippen LogP contribution is 2.23. The molecule has 2 aromatic carbocycles. The van der Waals surface area contributed by atoms with Crippen LogP contribution in [0.15, 0.2) is 83.4 Å². The van der Waals surface area contributed by atoms with Crippen LogP contribution < -0.4 is 10.6 Å². The molecule has 6 nitrogen and oxygen atoms in total. The van der Waals surface area contributed by atoms with E-state index < -0.39 is 0 Å². The Morgan fingerprint density at radius 3 is 2.53 bits per heavy atom. The Balaban J connectivity index is 0.00000289. The lowest BCUT2D eigenvalue weighted by Gasteiger charge is -2.12. The molecule has 0 spiro atoms. The molecule has 32 heavy (non-hydrogen) atoms. The minimum Gasteiger partial charge on any atom is -0.357 e. The van der Waals surface area contributed by atoms with Gasteiger partial charge in [0.2, 0.25) is 0 Å². The van der Waals surface area contributed by atoms with Gasteiger partial charge < -0.3 is 10.6 Å². The molecule has 0 aliphatic heterocycles. The fourth-order valence-corrected chi connectivity index (χ4v) is 4.04. The number of guanidine groups is 1. The molecule has 0 fully saturated rings. The van der Waals surface area contributed by atoms with Crippen LogP contribution in [0.5, 0.6) is 0 Å². The molecule has 0 amide bonds. The molecule has 4 rings (SSSR count). The first-order valence-corrected chi connectivity index (χ1v) is 11.3. The van der Waals surface area contributed by atoms with Gasteiger partial charge in [-0.3, -0.25) is 4.68 Å². The van der Waals surface area contributed by atoms with E-state index in [0.29, 0.717) is 13.1 Å². The van der Waals surface area contributed by atoms with E-state index in [1.165, 1.54) is 11.1 Å². The average molecular weight is 558 g/mol. The molecule has 4 aromatic rings. The molecule has 8 heteroatoms. The molecule has 2 aromatic heterocycles. The maximum absolute atomic E-state index is 4.79. The normalized spacial score (nSPS) is 11.1. The summed E-state index contributed by atoms with van der Waals surface area (Å²) in [6.07, 6.45) is 3.78. The summed E-state index contributed by atoms with van der Waals surface area (Å²) in [5, 5.41) is 14.2. The number of nitrogens with one attached hydrogen (secondary N) is 2. The van der Waals surface area contributed by atoms with Gasteiger partial charge >= 0.3 is 0 Å². The summed E-state index contributed by atoms with van der Waals surface area (Å²) in [6, 6.07) is 20.6. The Morgan fingerprint density at radius 2 is 1.78 bits per heavy atom. The second-order valence-corrected chi connectivity index (χ2v) is 7.89. The summed E-state index contributed by atoms with van der Waals surface area (Å²) >= 11 is 1.66. The Labute approximate surface area is 209 Å². The molecule has 0 unspecified atom stereocenters. The zero-order valence-corrected chi connectivity index (χ0v) is 21.1. The third-order valence-corrected chi connectivity index (χ3v) is 5.71. The summed E-state index contributed by atoms with van der Waals surface area (Å²) in [4.78, 5) is 9.54. The van der Waals surface area contributed by atoms with E-state index in [-0.39, 0.29) is 24.0 Å². The van der Waals surface area contributed by atoms with Gasteiger partial charge in [-0.25, -0.2) is 9.98 Å². The lowest BCUT2D eigenvalue weighted by Crippen LogP contribution is -2.36. The lowest BCUT2D eigenvalue weighted by molar-refractivity contribution is 0.680. The number of aliphatic imine (C=N–C) groups is 1. The third kappa shape index (κ3) is 6.64. The second kappa shape index (κ2) is 12.4. The number of benzene rings is 2. The summed E-state index contributed by atoms with van der Waals surface area (Å²) in [7, 11) is 0. The van der Waals surface area contributed by atoms with E-state index >= 15 is 0 Å². The van der Waals surface area contributed by atoms with Gasteiger partial charge in [0.25, 0.3) is 0 Å². The third-order valence-electron chi connectivity index (χ3n) is 4.77. The summed E-state index contributed by atoms with van der Waals surface area (Å²) in [6.45, 7) is 4.83. The topological polar surface area (TPSA) is 67.1 Å². The van der Waals surface area contributed by atoms with Gasteiger partial charge in [-0.05, 0) is 24.1 Å². The first-order valence-electron chi connectivity index (χ1n) is 10.4. The molecule has 0 bridgehead atoms. The predicted molar refractivity (Wildman–Crippen MR) is 142 cm³/mol.